The molecule has 3 heteroatoms. The van der Waals surface area contributed by atoms with E-state index in [9.17, 15) is 0 Å². The van der Waals surface area contributed by atoms with Crippen LogP contribution in [-0.4, -0.2) is 4.57 Å². The minimum Gasteiger partial charge on any atom is -0.456 e. The standard InChI is InChI=1S/C36H21NOS/c1-4-12-30-24(8-1)25-9-2-5-13-31(25)37(30)32-14-7-11-28-29-20-22(17-19-35(29)39-36(28)32)23-16-18-27-26-10-3-6-15-33(26)38-34(27)21-23/h1-21H. The Morgan fingerprint density at radius 1 is 0.462 bits per heavy atom. The fourth-order valence-corrected chi connectivity index (χ4v) is 7.41. The van der Waals surface area contributed by atoms with E-state index in [1.807, 2.05) is 23.5 Å². The summed E-state index contributed by atoms with van der Waals surface area (Å²) in [5.41, 5.74) is 7.94. The number of aromatic nitrogens is 1. The first-order chi connectivity index (χ1) is 19.3. The molecule has 3 heterocycles. The Morgan fingerprint density at radius 2 is 1.10 bits per heavy atom. The number of rotatable bonds is 2. The average Bonchev–Trinajstić information content (AvgIpc) is 3.66. The van der Waals surface area contributed by atoms with Crippen molar-refractivity contribution in [3.05, 3.63) is 127 Å². The van der Waals surface area contributed by atoms with Gasteiger partial charge in [-0.25, -0.2) is 0 Å². The van der Waals surface area contributed by atoms with E-state index in [-0.39, 0.29) is 0 Å². The lowest BCUT2D eigenvalue weighted by molar-refractivity contribution is 0.669. The second kappa shape index (κ2) is 7.83. The van der Waals surface area contributed by atoms with Gasteiger partial charge in [0.25, 0.3) is 0 Å². The van der Waals surface area contributed by atoms with Gasteiger partial charge < -0.3 is 8.98 Å². The first-order valence-electron chi connectivity index (χ1n) is 13.2. The number of furan rings is 1. The smallest absolute Gasteiger partial charge is 0.136 e. The lowest BCUT2D eigenvalue weighted by Crippen LogP contribution is -1.93. The Bertz CT molecular complexity index is 2350. The Labute approximate surface area is 227 Å². The van der Waals surface area contributed by atoms with Crippen LogP contribution in [0.3, 0.4) is 0 Å². The molecule has 0 aliphatic heterocycles. The molecule has 2 nitrogen and oxygen atoms in total. The van der Waals surface area contributed by atoms with Crippen molar-refractivity contribution >= 4 is 75.3 Å². The molecule has 0 amide bonds. The summed E-state index contributed by atoms with van der Waals surface area (Å²) in [6.45, 7) is 0. The van der Waals surface area contributed by atoms with Crippen molar-refractivity contribution in [2.45, 2.75) is 0 Å². The van der Waals surface area contributed by atoms with E-state index in [0.717, 1.165) is 21.9 Å². The second-order valence-corrected chi connectivity index (χ2v) is 11.2. The zero-order valence-electron chi connectivity index (χ0n) is 20.9. The number of nitrogens with zero attached hydrogens (tertiary/aromatic N) is 1. The minimum atomic E-state index is 0.928. The Hall–Kier alpha value is -4.86. The van der Waals surface area contributed by atoms with Crippen LogP contribution in [0.4, 0.5) is 0 Å². The molecule has 0 atom stereocenters. The fourth-order valence-electron chi connectivity index (χ4n) is 6.23. The van der Waals surface area contributed by atoms with E-state index >= 15 is 0 Å². The molecular formula is C36H21NOS. The van der Waals surface area contributed by atoms with Gasteiger partial charge in [-0.15, -0.1) is 11.3 Å². The molecule has 0 bridgehead atoms. The summed E-state index contributed by atoms with van der Waals surface area (Å²) in [4.78, 5) is 0. The van der Waals surface area contributed by atoms with Crippen LogP contribution in [0.1, 0.15) is 0 Å². The second-order valence-electron chi connectivity index (χ2n) is 10.1. The number of para-hydroxylation sites is 3. The maximum Gasteiger partial charge on any atom is 0.136 e. The van der Waals surface area contributed by atoms with E-state index in [1.165, 1.54) is 58.8 Å². The molecule has 0 N–H and O–H groups in total. The number of hydrogen-bond acceptors (Lipinski definition) is 2. The Balaban J connectivity index is 1.27. The summed E-state index contributed by atoms with van der Waals surface area (Å²) in [5, 5.41) is 7.48. The summed E-state index contributed by atoms with van der Waals surface area (Å²) >= 11 is 1.87. The van der Waals surface area contributed by atoms with Crippen LogP contribution in [0.5, 0.6) is 0 Å². The number of benzene rings is 6. The zero-order chi connectivity index (χ0) is 25.5. The maximum absolute atomic E-state index is 6.18. The van der Waals surface area contributed by atoms with Gasteiger partial charge in [-0.3, -0.25) is 0 Å². The summed E-state index contributed by atoms with van der Waals surface area (Å²) in [7, 11) is 0. The van der Waals surface area contributed by atoms with Crippen LogP contribution in [0.25, 0.3) is 80.7 Å². The first kappa shape index (κ1) is 21.1. The predicted octanol–water partition coefficient (Wildman–Crippen LogP) is 10.7. The predicted molar refractivity (Wildman–Crippen MR) is 166 cm³/mol. The van der Waals surface area contributed by atoms with Crippen LogP contribution in [0.2, 0.25) is 0 Å². The van der Waals surface area contributed by atoms with E-state index in [0.29, 0.717) is 0 Å². The third-order valence-electron chi connectivity index (χ3n) is 8.01. The number of hydrogen-bond donors (Lipinski definition) is 0. The molecule has 9 aromatic rings. The molecule has 0 spiro atoms. The van der Waals surface area contributed by atoms with Crippen LogP contribution >= 0.6 is 11.3 Å². The highest BCUT2D eigenvalue weighted by molar-refractivity contribution is 7.26. The largest absolute Gasteiger partial charge is 0.456 e. The number of fused-ring (bicyclic) bond motifs is 9. The van der Waals surface area contributed by atoms with Gasteiger partial charge in [-0.05, 0) is 59.7 Å². The third-order valence-corrected chi connectivity index (χ3v) is 9.22. The van der Waals surface area contributed by atoms with Gasteiger partial charge in [0, 0.05) is 37.0 Å². The quantitative estimate of drug-likeness (QED) is 0.224. The highest BCUT2D eigenvalue weighted by atomic mass is 32.1. The van der Waals surface area contributed by atoms with Gasteiger partial charge in [0.05, 0.1) is 21.4 Å². The molecule has 0 saturated heterocycles. The van der Waals surface area contributed by atoms with Crippen LogP contribution < -0.4 is 0 Å². The molecule has 6 aromatic carbocycles. The Kier molecular flexibility index (Phi) is 4.24. The molecule has 3 aromatic heterocycles. The molecule has 0 radical (unpaired) electrons. The van der Waals surface area contributed by atoms with Crippen LogP contribution in [0, 0.1) is 0 Å². The summed E-state index contributed by atoms with van der Waals surface area (Å²) in [5.74, 6) is 0. The third kappa shape index (κ3) is 2.96. The highest BCUT2D eigenvalue weighted by Gasteiger charge is 2.16. The summed E-state index contributed by atoms with van der Waals surface area (Å²) in [6.07, 6.45) is 0. The van der Waals surface area contributed by atoms with Gasteiger partial charge in [0.15, 0.2) is 0 Å². The van der Waals surface area contributed by atoms with E-state index in [1.54, 1.807) is 0 Å². The van der Waals surface area contributed by atoms with Crippen LogP contribution in [0.15, 0.2) is 132 Å². The monoisotopic (exact) mass is 515 g/mol. The van der Waals surface area contributed by atoms with Gasteiger partial charge in [0.1, 0.15) is 11.2 Å². The minimum absolute atomic E-state index is 0.928. The average molecular weight is 516 g/mol. The highest BCUT2D eigenvalue weighted by Crippen LogP contribution is 2.42. The molecule has 39 heavy (non-hydrogen) atoms. The first-order valence-corrected chi connectivity index (χ1v) is 14.0. The van der Waals surface area contributed by atoms with Gasteiger partial charge in [0.2, 0.25) is 0 Å². The Morgan fingerprint density at radius 3 is 1.92 bits per heavy atom. The lowest BCUT2D eigenvalue weighted by atomic mass is 10.0. The SMILES string of the molecule is c1ccc2c(c1)oc1cc(-c3ccc4sc5c(-n6c7ccccc7c7ccccc76)cccc5c4c3)ccc12. The van der Waals surface area contributed by atoms with E-state index in [4.69, 9.17) is 4.42 Å². The zero-order valence-corrected chi connectivity index (χ0v) is 21.7. The maximum atomic E-state index is 6.18. The summed E-state index contributed by atoms with van der Waals surface area (Å²) in [6, 6.07) is 45.8. The van der Waals surface area contributed by atoms with Gasteiger partial charge in [-0.1, -0.05) is 78.9 Å². The molecule has 0 fully saturated rings. The van der Waals surface area contributed by atoms with Crippen molar-refractivity contribution in [3.8, 4) is 16.8 Å². The van der Waals surface area contributed by atoms with Gasteiger partial charge in [-0.2, -0.15) is 0 Å². The van der Waals surface area contributed by atoms with Crippen molar-refractivity contribution in [1.29, 1.82) is 0 Å². The fraction of sp³-hybridized carbons (Fsp3) is 0. The van der Waals surface area contributed by atoms with Crippen molar-refractivity contribution in [2.75, 3.05) is 0 Å². The lowest BCUT2D eigenvalue weighted by Gasteiger charge is -2.09. The summed E-state index contributed by atoms with van der Waals surface area (Å²) < 4.78 is 11.2. The van der Waals surface area contributed by atoms with Crippen molar-refractivity contribution in [2.24, 2.45) is 0 Å². The molecular weight excluding hydrogens is 494 g/mol. The molecule has 0 saturated carbocycles. The molecule has 0 aliphatic carbocycles. The topological polar surface area (TPSA) is 18.1 Å². The van der Waals surface area contributed by atoms with Crippen LogP contribution in [-0.2, 0) is 0 Å². The van der Waals surface area contributed by atoms with E-state index < -0.39 is 0 Å². The molecule has 9 rings (SSSR count). The van der Waals surface area contributed by atoms with Crippen molar-refractivity contribution in [3.63, 3.8) is 0 Å². The van der Waals surface area contributed by atoms with E-state index in [2.05, 4.69) is 120 Å². The molecule has 0 unspecified atom stereocenters. The van der Waals surface area contributed by atoms with Crippen molar-refractivity contribution < 1.29 is 4.42 Å². The normalized spacial score (nSPS) is 12.1. The van der Waals surface area contributed by atoms with Gasteiger partial charge >= 0.3 is 0 Å². The number of thiophene rings is 1. The molecule has 182 valence electrons. The molecule has 0 aliphatic rings. The van der Waals surface area contributed by atoms with Crippen molar-refractivity contribution in [1.82, 2.24) is 4.57 Å².